The third-order valence-electron chi connectivity index (χ3n) is 4.47. The van der Waals surface area contributed by atoms with Crippen molar-refractivity contribution in [2.75, 3.05) is 11.6 Å². The number of nitrogens with one attached hydrogen (secondary N) is 1. The maximum absolute atomic E-state index is 12.1. The number of benzene rings is 3. The normalized spacial score (nSPS) is 12.2. The molecule has 0 aromatic heterocycles. The molecule has 0 heterocycles. The minimum atomic E-state index is -4.74. The molecule has 0 aliphatic rings. The molecule has 13 nitrogen and oxygen atoms in total. The Balaban J connectivity index is 2.29. The molecule has 0 saturated heterocycles. The first-order valence-electron chi connectivity index (χ1n) is 9.13. The van der Waals surface area contributed by atoms with E-state index in [-0.39, 0.29) is 33.6 Å². The minimum absolute atomic E-state index is 0.0221. The molecule has 0 aliphatic carbocycles. The second kappa shape index (κ2) is 8.77. The Bertz CT molecular complexity index is 1600. The Hall–Kier alpha value is -3.95. The monoisotopic (exact) mass is 508 g/mol. The molecule has 34 heavy (non-hydrogen) atoms. The zero-order chi connectivity index (χ0) is 25.4. The average molecular weight is 508 g/mol. The van der Waals surface area contributed by atoms with Crippen molar-refractivity contribution in [1.29, 1.82) is 0 Å². The molecule has 3 aromatic carbocycles. The van der Waals surface area contributed by atoms with E-state index in [2.05, 4.69) is 15.5 Å². The minimum Gasteiger partial charge on any atom is -0.507 e. The largest absolute Gasteiger partial charge is 0.507 e. The number of amides is 1. The molecule has 3 rings (SSSR count). The lowest BCUT2D eigenvalue weighted by Crippen LogP contribution is -2.08. The number of fused-ring (bicyclic) bond motifs is 1. The highest BCUT2D eigenvalue weighted by Crippen LogP contribution is 2.40. The Kier molecular flexibility index (Phi) is 6.37. The van der Waals surface area contributed by atoms with E-state index in [0.717, 1.165) is 43.5 Å². The van der Waals surface area contributed by atoms with E-state index in [1.165, 1.54) is 12.1 Å². The van der Waals surface area contributed by atoms with Crippen LogP contribution in [0, 0.1) is 10.1 Å². The molecule has 0 fully saturated rings. The van der Waals surface area contributed by atoms with Crippen LogP contribution in [0.3, 0.4) is 0 Å². The maximum atomic E-state index is 12.1. The van der Waals surface area contributed by atoms with Gasteiger partial charge in [0.05, 0.1) is 21.2 Å². The number of rotatable bonds is 6. The second-order valence-electron chi connectivity index (χ2n) is 7.03. The lowest BCUT2D eigenvalue weighted by molar-refractivity contribution is -0.385. The van der Waals surface area contributed by atoms with Crippen LogP contribution in [0.15, 0.2) is 62.5 Å². The Morgan fingerprint density at radius 1 is 1.03 bits per heavy atom. The van der Waals surface area contributed by atoms with E-state index in [1.54, 1.807) is 0 Å². The summed E-state index contributed by atoms with van der Waals surface area (Å²) in [6, 6.07) is 7.27. The van der Waals surface area contributed by atoms with Crippen molar-refractivity contribution in [1.82, 2.24) is 0 Å². The maximum Gasteiger partial charge on any atom is 0.294 e. The molecule has 0 unspecified atom stereocenters. The predicted molar refractivity (Wildman–Crippen MR) is 120 cm³/mol. The Morgan fingerprint density at radius 2 is 1.65 bits per heavy atom. The number of sulfone groups is 1. The molecule has 178 valence electrons. The Morgan fingerprint density at radius 3 is 2.21 bits per heavy atom. The van der Waals surface area contributed by atoms with Gasteiger partial charge in [-0.05, 0) is 30.3 Å². The van der Waals surface area contributed by atoms with Gasteiger partial charge in [-0.3, -0.25) is 19.5 Å². The van der Waals surface area contributed by atoms with Crippen LogP contribution in [-0.2, 0) is 24.7 Å². The molecule has 0 radical (unpaired) electrons. The van der Waals surface area contributed by atoms with Crippen LogP contribution in [0.4, 0.5) is 22.7 Å². The molecule has 0 spiro atoms. The topological polar surface area (TPSA) is 206 Å². The highest BCUT2D eigenvalue weighted by molar-refractivity contribution is 7.90. The zero-order valence-corrected chi connectivity index (χ0v) is 19.1. The number of azo groups is 1. The van der Waals surface area contributed by atoms with Gasteiger partial charge in [0, 0.05) is 36.1 Å². The predicted octanol–water partition coefficient (Wildman–Crippen LogP) is 3.48. The SMILES string of the molecule is CC(=O)Nc1cc(S(=O)(=O)O)cc2c(N=Nc3ccc([N+](=O)[O-])cc3S(C)(=O)=O)ccc(O)c12. The third kappa shape index (κ3) is 5.16. The molecule has 0 bridgehead atoms. The van der Waals surface area contributed by atoms with Gasteiger partial charge in [-0.2, -0.15) is 8.42 Å². The number of hydrogen-bond donors (Lipinski definition) is 3. The number of phenols is 1. The van der Waals surface area contributed by atoms with E-state index < -0.39 is 46.3 Å². The number of nitro groups is 1. The lowest BCUT2D eigenvalue weighted by Gasteiger charge is -2.12. The number of hydrogen-bond acceptors (Lipinski definition) is 10. The van der Waals surface area contributed by atoms with Crippen LogP contribution in [0.5, 0.6) is 5.75 Å². The highest BCUT2D eigenvalue weighted by atomic mass is 32.2. The van der Waals surface area contributed by atoms with E-state index in [1.807, 2.05) is 0 Å². The van der Waals surface area contributed by atoms with Crippen LogP contribution in [-0.4, -0.2) is 43.6 Å². The van der Waals surface area contributed by atoms with Crippen molar-refractivity contribution in [3.05, 3.63) is 52.6 Å². The number of carbonyl (C=O) groups is 1. The van der Waals surface area contributed by atoms with Gasteiger partial charge in [-0.15, -0.1) is 10.2 Å². The van der Waals surface area contributed by atoms with Crippen molar-refractivity contribution < 1.29 is 36.2 Å². The number of aromatic hydroxyl groups is 1. The van der Waals surface area contributed by atoms with Crippen molar-refractivity contribution in [2.24, 2.45) is 10.2 Å². The van der Waals surface area contributed by atoms with Crippen LogP contribution in [0.2, 0.25) is 0 Å². The van der Waals surface area contributed by atoms with Crippen molar-refractivity contribution >= 4 is 59.4 Å². The van der Waals surface area contributed by atoms with Gasteiger partial charge in [-0.1, -0.05) is 0 Å². The molecular formula is C19H16N4O9S2. The summed E-state index contributed by atoms with van der Waals surface area (Å²) in [4.78, 5) is 20.7. The van der Waals surface area contributed by atoms with Crippen LogP contribution in [0.1, 0.15) is 6.92 Å². The van der Waals surface area contributed by atoms with Gasteiger partial charge in [-0.25, -0.2) is 8.42 Å². The fourth-order valence-electron chi connectivity index (χ4n) is 3.05. The molecule has 0 saturated carbocycles. The highest BCUT2D eigenvalue weighted by Gasteiger charge is 2.20. The Labute approximate surface area is 192 Å². The first-order valence-corrected chi connectivity index (χ1v) is 12.5. The van der Waals surface area contributed by atoms with Gasteiger partial charge >= 0.3 is 0 Å². The van der Waals surface area contributed by atoms with E-state index in [4.69, 9.17) is 0 Å². The first kappa shape index (κ1) is 24.7. The summed E-state index contributed by atoms with van der Waals surface area (Å²) in [5.41, 5.74) is -0.920. The fourth-order valence-corrected chi connectivity index (χ4v) is 4.41. The van der Waals surface area contributed by atoms with Crippen LogP contribution >= 0.6 is 0 Å². The van der Waals surface area contributed by atoms with Crippen molar-refractivity contribution in [2.45, 2.75) is 16.7 Å². The van der Waals surface area contributed by atoms with Crippen molar-refractivity contribution in [3.8, 4) is 5.75 Å². The van der Waals surface area contributed by atoms with E-state index in [0.29, 0.717) is 0 Å². The number of nitrogens with zero attached hydrogens (tertiary/aromatic N) is 3. The summed E-state index contributed by atoms with van der Waals surface area (Å²) in [5.74, 6) is -0.948. The van der Waals surface area contributed by atoms with E-state index in [9.17, 15) is 41.4 Å². The number of phenolic OH excluding ortho intramolecular Hbond substituents is 1. The zero-order valence-electron chi connectivity index (χ0n) is 17.5. The molecule has 3 aromatic rings. The molecule has 0 atom stereocenters. The quantitative estimate of drug-likeness (QED) is 0.192. The standard InChI is InChI=1S/C19H16N4O9S2/c1-10(24)20-16-9-12(34(30,31)32)8-13-14(5-6-17(25)19(13)16)21-22-15-4-3-11(23(26)27)7-18(15)33(2,28)29/h3-9,25H,1-2H3,(H,20,24)(H,30,31,32). The summed E-state index contributed by atoms with van der Waals surface area (Å²) in [6.45, 7) is 1.15. The summed E-state index contributed by atoms with van der Waals surface area (Å²) in [6.07, 6.45) is 0.832. The summed E-state index contributed by atoms with van der Waals surface area (Å²) >= 11 is 0. The molecule has 3 N–H and O–H groups in total. The third-order valence-corrected chi connectivity index (χ3v) is 6.43. The molecule has 15 heteroatoms. The van der Waals surface area contributed by atoms with E-state index >= 15 is 0 Å². The number of non-ortho nitro benzene ring substituents is 1. The smallest absolute Gasteiger partial charge is 0.294 e. The average Bonchev–Trinajstić information content (AvgIpc) is 2.71. The van der Waals surface area contributed by atoms with Gasteiger partial charge in [0.15, 0.2) is 9.84 Å². The second-order valence-corrected chi connectivity index (χ2v) is 10.4. The number of carbonyl (C=O) groups excluding carboxylic acids is 1. The summed E-state index contributed by atoms with van der Waals surface area (Å²) in [5, 5.41) is 31.4. The fraction of sp³-hybridized carbons (Fsp3) is 0.105. The lowest BCUT2D eigenvalue weighted by atomic mass is 10.1. The van der Waals surface area contributed by atoms with Crippen molar-refractivity contribution in [3.63, 3.8) is 0 Å². The van der Waals surface area contributed by atoms with Gasteiger partial charge < -0.3 is 10.4 Å². The number of nitro benzene ring substituents is 1. The van der Waals surface area contributed by atoms with Gasteiger partial charge in [0.25, 0.3) is 15.8 Å². The van der Waals surface area contributed by atoms with Crippen LogP contribution < -0.4 is 5.32 Å². The molecule has 0 aliphatic heterocycles. The van der Waals surface area contributed by atoms with Gasteiger partial charge in [0.1, 0.15) is 16.3 Å². The summed E-state index contributed by atoms with van der Waals surface area (Å²) in [7, 11) is -8.68. The van der Waals surface area contributed by atoms with Crippen LogP contribution in [0.25, 0.3) is 10.8 Å². The first-order chi connectivity index (χ1) is 15.7. The molecular weight excluding hydrogens is 492 g/mol. The number of anilines is 1. The summed E-state index contributed by atoms with van der Waals surface area (Å²) < 4.78 is 57.2. The molecule has 1 amide bonds. The van der Waals surface area contributed by atoms with Gasteiger partial charge in [0.2, 0.25) is 5.91 Å².